The lowest BCUT2D eigenvalue weighted by Gasteiger charge is -2.15. The van der Waals surface area contributed by atoms with Crippen LogP contribution in [-0.4, -0.2) is 23.3 Å². The number of carboxylic acid groups (broad SMARTS) is 1. The molecule has 0 aromatic carbocycles. The first-order valence-corrected chi connectivity index (χ1v) is 4.89. The fourth-order valence-corrected chi connectivity index (χ4v) is 1.35. The predicted molar refractivity (Wildman–Crippen MR) is 52.6 cm³/mol. The van der Waals surface area contributed by atoms with Crippen LogP contribution < -0.4 is 5.32 Å². The molecule has 1 unspecified atom stereocenters. The van der Waals surface area contributed by atoms with Crippen molar-refractivity contribution in [2.75, 3.05) is 0 Å². The Labute approximate surface area is 95.4 Å². The fourth-order valence-electron chi connectivity index (χ4n) is 1.35. The Morgan fingerprint density at radius 3 is 2.76 bits per heavy atom. The summed E-state index contributed by atoms with van der Waals surface area (Å²) in [5, 5.41) is 11.3. The number of hydrogen-bond donors (Lipinski definition) is 2. The van der Waals surface area contributed by atoms with E-state index >= 15 is 0 Å². The van der Waals surface area contributed by atoms with Gasteiger partial charge in [0, 0.05) is 6.04 Å². The average molecular weight is 251 g/mol. The SMILES string of the molecule is CC(CC(F)(F)F)NCc1occc1C(=O)O. The molecule has 1 atom stereocenters. The van der Waals surface area contributed by atoms with Gasteiger partial charge in [-0.15, -0.1) is 0 Å². The number of nitrogens with one attached hydrogen (secondary N) is 1. The van der Waals surface area contributed by atoms with Gasteiger partial charge >= 0.3 is 12.1 Å². The van der Waals surface area contributed by atoms with Gasteiger partial charge in [0.2, 0.25) is 0 Å². The number of hydrogen-bond acceptors (Lipinski definition) is 3. The van der Waals surface area contributed by atoms with Crippen molar-refractivity contribution in [3.05, 3.63) is 23.7 Å². The number of aromatic carboxylic acids is 1. The summed E-state index contributed by atoms with van der Waals surface area (Å²) in [5.41, 5.74) is -0.0447. The Morgan fingerprint density at radius 1 is 1.59 bits per heavy atom. The standard InChI is InChI=1S/C10H12F3NO3/c1-6(4-10(11,12)13)14-5-8-7(9(15)16)2-3-17-8/h2-3,6,14H,4-5H2,1H3,(H,15,16). The molecule has 0 saturated heterocycles. The smallest absolute Gasteiger partial charge is 0.390 e. The summed E-state index contributed by atoms with van der Waals surface area (Å²) >= 11 is 0. The second-order valence-corrected chi connectivity index (χ2v) is 3.66. The highest BCUT2D eigenvalue weighted by molar-refractivity contribution is 5.88. The largest absolute Gasteiger partial charge is 0.478 e. The van der Waals surface area contributed by atoms with Gasteiger partial charge in [0.15, 0.2) is 0 Å². The van der Waals surface area contributed by atoms with Gasteiger partial charge in [-0.1, -0.05) is 0 Å². The summed E-state index contributed by atoms with van der Waals surface area (Å²) < 4.78 is 40.9. The summed E-state index contributed by atoms with van der Waals surface area (Å²) in [6.45, 7) is 1.32. The van der Waals surface area contributed by atoms with Gasteiger partial charge in [0.05, 0.1) is 19.2 Å². The molecule has 4 nitrogen and oxygen atoms in total. The zero-order valence-corrected chi connectivity index (χ0v) is 9.04. The second-order valence-electron chi connectivity index (χ2n) is 3.66. The van der Waals surface area contributed by atoms with Gasteiger partial charge in [0.1, 0.15) is 11.3 Å². The topological polar surface area (TPSA) is 62.5 Å². The van der Waals surface area contributed by atoms with Crippen LogP contribution in [0.25, 0.3) is 0 Å². The van der Waals surface area contributed by atoms with Gasteiger partial charge in [-0.3, -0.25) is 0 Å². The molecule has 0 radical (unpaired) electrons. The molecule has 7 heteroatoms. The molecule has 0 aliphatic heterocycles. The van der Waals surface area contributed by atoms with Crippen LogP contribution in [0.3, 0.4) is 0 Å². The van der Waals surface area contributed by atoms with E-state index in [0.29, 0.717) is 0 Å². The molecule has 1 rings (SSSR count). The molecule has 1 heterocycles. The molecule has 0 aliphatic carbocycles. The minimum Gasteiger partial charge on any atom is -0.478 e. The van der Waals surface area contributed by atoms with Crippen molar-refractivity contribution < 1.29 is 27.5 Å². The minimum absolute atomic E-state index is 0.0447. The first kappa shape index (κ1) is 13.6. The third kappa shape index (κ3) is 4.48. The zero-order valence-electron chi connectivity index (χ0n) is 9.04. The Hall–Kier alpha value is -1.50. The number of alkyl halides is 3. The van der Waals surface area contributed by atoms with Gasteiger partial charge < -0.3 is 14.8 Å². The van der Waals surface area contributed by atoms with Crippen molar-refractivity contribution in [1.29, 1.82) is 0 Å². The second kappa shape index (κ2) is 5.22. The van der Waals surface area contributed by atoms with E-state index in [1.54, 1.807) is 0 Å². The van der Waals surface area contributed by atoms with Gasteiger partial charge in [-0.05, 0) is 13.0 Å². The van der Waals surface area contributed by atoms with E-state index in [1.807, 2.05) is 0 Å². The third-order valence-electron chi connectivity index (χ3n) is 2.12. The molecular formula is C10H12F3NO3. The lowest BCUT2D eigenvalue weighted by molar-refractivity contribution is -0.139. The molecule has 0 fully saturated rings. The van der Waals surface area contributed by atoms with E-state index in [-0.39, 0.29) is 17.9 Å². The number of carbonyl (C=O) groups is 1. The van der Waals surface area contributed by atoms with Crippen LogP contribution in [0.4, 0.5) is 13.2 Å². The summed E-state index contributed by atoms with van der Waals surface area (Å²) in [6, 6.07) is 0.454. The van der Waals surface area contributed by atoms with Crippen LogP contribution in [0.2, 0.25) is 0 Å². The van der Waals surface area contributed by atoms with Crippen LogP contribution in [0, 0.1) is 0 Å². The highest BCUT2D eigenvalue weighted by atomic mass is 19.4. The van der Waals surface area contributed by atoms with Crippen molar-refractivity contribution in [2.24, 2.45) is 0 Å². The lowest BCUT2D eigenvalue weighted by atomic mass is 10.2. The van der Waals surface area contributed by atoms with Crippen molar-refractivity contribution in [3.8, 4) is 0 Å². The molecule has 17 heavy (non-hydrogen) atoms. The number of furan rings is 1. The first-order chi connectivity index (χ1) is 7.79. The minimum atomic E-state index is -4.24. The summed E-state index contributed by atoms with van der Waals surface area (Å²) in [5.74, 6) is -1.05. The van der Waals surface area contributed by atoms with Gasteiger partial charge in [0.25, 0.3) is 0 Å². The van der Waals surface area contributed by atoms with Crippen molar-refractivity contribution in [3.63, 3.8) is 0 Å². The highest BCUT2D eigenvalue weighted by Gasteiger charge is 2.29. The summed E-state index contributed by atoms with van der Waals surface area (Å²) in [6.07, 6.45) is -4.03. The maximum Gasteiger partial charge on any atom is 0.390 e. The molecule has 0 saturated carbocycles. The molecule has 0 amide bonds. The van der Waals surface area contributed by atoms with Crippen LogP contribution in [-0.2, 0) is 6.54 Å². The van der Waals surface area contributed by atoms with E-state index in [0.717, 1.165) is 0 Å². The molecular weight excluding hydrogens is 239 g/mol. The van der Waals surface area contributed by atoms with Crippen molar-refractivity contribution in [2.45, 2.75) is 32.1 Å². The van der Waals surface area contributed by atoms with E-state index in [4.69, 9.17) is 9.52 Å². The fraction of sp³-hybridized carbons (Fsp3) is 0.500. The Morgan fingerprint density at radius 2 is 2.24 bits per heavy atom. The predicted octanol–water partition coefficient (Wildman–Crippen LogP) is 2.41. The maximum absolute atomic E-state index is 12.0. The normalized spacial score (nSPS) is 13.6. The van der Waals surface area contributed by atoms with Crippen LogP contribution in [0.5, 0.6) is 0 Å². The summed E-state index contributed by atoms with van der Waals surface area (Å²) in [7, 11) is 0. The van der Waals surface area contributed by atoms with E-state index in [9.17, 15) is 18.0 Å². The number of halogens is 3. The summed E-state index contributed by atoms with van der Waals surface area (Å²) in [4.78, 5) is 10.7. The van der Waals surface area contributed by atoms with Crippen LogP contribution >= 0.6 is 0 Å². The molecule has 0 aliphatic rings. The zero-order chi connectivity index (χ0) is 13.1. The molecule has 0 bridgehead atoms. The molecule has 2 N–H and O–H groups in total. The molecule has 1 aromatic rings. The van der Waals surface area contributed by atoms with Crippen molar-refractivity contribution >= 4 is 5.97 Å². The monoisotopic (exact) mass is 251 g/mol. The van der Waals surface area contributed by atoms with E-state index in [1.165, 1.54) is 19.3 Å². The molecule has 96 valence electrons. The number of carboxylic acids is 1. The molecule has 0 spiro atoms. The average Bonchev–Trinajstić information content (AvgIpc) is 2.59. The Kier molecular flexibility index (Phi) is 4.17. The Bertz CT molecular complexity index is 386. The Balaban J connectivity index is 2.50. The third-order valence-corrected chi connectivity index (χ3v) is 2.12. The highest BCUT2D eigenvalue weighted by Crippen LogP contribution is 2.21. The van der Waals surface area contributed by atoms with Gasteiger partial charge in [-0.25, -0.2) is 4.79 Å². The quantitative estimate of drug-likeness (QED) is 0.843. The van der Waals surface area contributed by atoms with E-state index < -0.39 is 24.6 Å². The van der Waals surface area contributed by atoms with Crippen molar-refractivity contribution in [1.82, 2.24) is 5.32 Å². The number of rotatable bonds is 5. The van der Waals surface area contributed by atoms with Crippen LogP contribution in [0.15, 0.2) is 16.7 Å². The van der Waals surface area contributed by atoms with Crippen LogP contribution in [0.1, 0.15) is 29.5 Å². The first-order valence-electron chi connectivity index (χ1n) is 4.89. The lowest BCUT2D eigenvalue weighted by Crippen LogP contribution is -2.31. The molecule has 1 aromatic heterocycles. The van der Waals surface area contributed by atoms with E-state index in [2.05, 4.69) is 5.32 Å². The van der Waals surface area contributed by atoms with Gasteiger partial charge in [-0.2, -0.15) is 13.2 Å². The maximum atomic E-state index is 12.0.